The Balaban J connectivity index is 1.51. The van der Waals surface area contributed by atoms with Crippen molar-refractivity contribution in [2.45, 2.75) is 32.7 Å². The maximum absolute atomic E-state index is 13.3. The van der Waals surface area contributed by atoms with Crippen molar-refractivity contribution in [3.8, 4) is 22.5 Å². The van der Waals surface area contributed by atoms with E-state index in [0.717, 1.165) is 41.2 Å². The van der Waals surface area contributed by atoms with Crippen LogP contribution in [-0.2, 0) is 6.54 Å². The second-order valence-electron chi connectivity index (χ2n) is 8.38. The molecule has 3 heterocycles. The van der Waals surface area contributed by atoms with Gasteiger partial charge in [0.2, 0.25) is 0 Å². The third-order valence-corrected chi connectivity index (χ3v) is 7.04. The van der Waals surface area contributed by atoms with Gasteiger partial charge < -0.3 is 4.90 Å². The van der Waals surface area contributed by atoms with Crippen molar-refractivity contribution < 1.29 is 0 Å². The molecule has 1 fully saturated rings. The van der Waals surface area contributed by atoms with Gasteiger partial charge in [-0.25, -0.2) is 4.98 Å². The molecule has 158 valence electrons. The molecule has 0 amide bonds. The number of hydrogen-bond donors (Lipinski definition) is 0. The normalized spacial score (nSPS) is 14.9. The summed E-state index contributed by atoms with van der Waals surface area (Å²) >= 11 is 1.49. The Bertz CT molecular complexity index is 1250. The fraction of sp³-hybridized carbons (Fsp3) is 0.308. The van der Waals surface area contributed by atoms with Gasteiger partial charge in [0.1, 0.15) is 10.5 Å². The van der Waals surface area contributed by atoms with Gasteiger partial charge in [0.15, 0.2) is 0 Å². The van der Waals surface area contributed by atoms with Crippen molar-refractivity contribution in [3.05, 3.63) is 75.9 Å². The first-order valence-corrected chi connectivity index (χ1v) is 11.9. The van der Waals surface area contributed by atoms with Crippen LogP contribution >= 0.6 is 11.3 Å². The molecule has 5 heteroatoms. The summed E-state index contributed by atoms with van der Waals surface area (Å²) in [6.45, 7) is 5.94. The Labute approximate surface area is 186 Å². The lowest BCUT2D eigenvalue weighted by atomic mass is 10.0. The average molecular weight is 430 g/mol. The molecule has 0 saturated carbocycles. The minimum absolute atomic E-state index is 0.0785. The maximum atomic E-state index is 13.3. The number of nitrogens with zero attached hydrogens (tertiary/aromatic N) is 3. The Kier molecular flexibility index (Phi) is 5.70. The summed E-state index contributed by atoms with van der Waals surface area (Å²) in [6, 6.07) is 18.9. The summed E-state index contributed by atoms with van der Waals surface area (Å²) in [7, 11) is 0. The zero-order chi connectivity index (χ0) is 21.2. The molecule has 1 saturated heterocycles. The molecule has 2 aromatic heterocycles. The number of rotatable bonds is 5. The largest absolute Gasteiger partial charge is 0.302 e. The number of hydrogen-bond acceptors (Lipinski definition) is 4. The minimum Gasteiger partial charge on any atom is -0.302 e. The van der Waals surface area contributed by atoms with E-state index in [9.17, 15) is 4.79 Å². The van der Waals surface area contributed by atoms with E-state index in [0.29, 0.717) is 6.54 Å². The Morgan fingerprint density at radius 3 is 2.45 bits per heavy atom. The molecule has 2 aromatic carbocycles. The van der Waals surface area contributed by atoms with Crippen molar-refractivity contribution in [1.82, 2.24) is 14.5 Å². The number of piperidine rings is 1. The van der Waals surface area contributed by atoms with Crippen LogP contribution in [0, 0.1) is 6.92 Å². The zero-order valence-corrected chi connectivity index (χ0v) is 18.7. The smallest absolute Gasteiger partial charge is 0.271 e. The van der Waals surface area contributed by atoms with E-state index in [4.69, 9.17) is 4.98 Å². The van der Waals surface area contributed by atoms with Crippen molar-refractivity contribution in [3.63, 3.8) is 0 Å². The topological polar surface area (TPSA) is 38.1 Å². The highest BCUT2D eigenvalue weighted by molar-refractivity contribution is 7.17. The third-order valence-electron chi connectivity index (χ3n) is 6.15. The van der Waals surface area contributed by atoms with Gasteiger partial charge in [0.25, 0.3) is 5.56 Å². The molecule has 4 aromatic rings. The lowest BCUT2D eigenvalue weighted by Gasteiger charge is -2.27. The van der Waals surface area contributed by atoms with Crippen LogP contribution in [0.2, 0.25) is 0 Å². The summed E-state index contributed by atoms with van der Waals surface area (Å²) in [5.74, 6) is 0.767. The van der Waals surface area contributed by atoms with Gasteiger partial charge >= 0.3 is 0 Å². The molecule has 0 spiro atoms. The summed E-state index contributed by atoms with van der Waals surface area (Å²) < 4.78 is 2.63. The molecular weight excluding hydrogens is 402 g/mol. The van der Waals surface area contributed by atoms with Gasteiger partial charge in [-0.15, -0.1) is 11.3 Å². The second-order valence-corrected chi connectivity index (χ2v) is 9.29. The molecule has 0 atom stereocenters. The fourth-order valence-corrected chi connectivity index (χ4v) is 5.21. The lowest BCUT2D eigenvalue weighted by Crippen LogP contribution is -2.35. The molecule has 1 aliphatic rings. The molecule has 5 rings (SSSR count). The van der Waals surface area contributed by atoms with E-state index in [1.165, 1.54) is 47.3 Å². The SMILES string of the molecule is Cc1cccc(-c2ccc(-c3nc4ccsc4c(=O)n3CCN3CCCCC3)cc2)c1. The first kappa shape index (κ1) is 20.2. The van der Waals surface area contributed by atoms with Crippen LogP contribution in [0.15, 0.2) is 64.8 Å². The van der Waals surface area contributed by atoms with Gasteiger partial charge in [-0.05, 0) is 55.4 Å². The first-order valence-electron chi connectivity index (χ1n) is 11.1. The molecule has 31 heavy (non-hydrogen) atoms. The highest BCUT2D eigenvalue weighted by Crippen LogP contribution is 2.26. The lowest BCUT2D eigenvalue weighted by molar-refractivity contribution is 0.220. The first-order chi connectivity index (χ1) is 15.2. The molecule has 0 radical (unpaired) electrons. The van der Waals surface area contributed by atoms with Crippen molar-refractivity contribution in [1.29, 1.82) is 0 Å². The van der Waals surface area contributed by atoms with E-state index in [1.807, 2.05) is 16.0 Å². The van der Waals surface area contributed by atoms with Crippen LogP contribution in [0.4, 0.5) is 0 Å². The van der Waals surface area contributed by atoms with Crippen LogP contribution in [0.5, 0.6) is 0 Å². The van der Waals surface area contributed by atoms with Crippen LogP contribution < -0.4 is 5.56 Å². The molecule has 0 unspecified atom stereocenters. The van der Waals surface area contributed by atoms with Crippen molar-refractivity contribution in [2.75, 3.05) is 19.6 Å². The highest BCUT2D eigenvalue weighted by Gasteiger charge is 2.16. The number of fused-ring (bicyclic) bond motifs is 1. The second kappa shape index (κ2) is 8.77. The third kappa shape index (κ3) is 4.21. The molecule has 0 aliphatic carbocycles. The molecule has 4 nitrogen and oxygen atoms in total. The summed E-state index contributed by atoms with van der Waals surface area (Å²) in [5, 5.41) is 1.96. The molecule has 0 bridgehead atoms. The predicted molar refractivity (Wildman–Crippen MR) is 130 cm³/mol. The highest BCUT2D eigenvalue weighted by atomic mass is 32.1. The van der Waals surface area contributed by atoms with Crippen LogP contribution in [0.3, 0.4) is 0 Å². The minimum atomic E-state index is 0.0785. The molecular formula is C26H27N3OS. The standard InChI is InChI=1S/C26H27N3OS/c1-19-6-5-7-22(18-19)20-8-10-21(11-9-20)25-27-23-12-17-31-24(23)26(30)29(25)16-15-28-13-3-2-4-14-28/h5-12,17-18H,2-4,13-16H2,1H3. The van der Waals surface area contributed by atoms with E-state index in [1.54, 1.807) is 0 Å². The van der Waals surface area contributed by atoms with Crippen LogP contribution in [0.25, 0.3) is 32.7 Å². The number of benzene rings is 2. The Morgan fingerprint density at radius 1 is 0.903 bits per heavy atom. The number of thiophene rings is 1. The van der Waals surface area contributed by atoms with Gasteiger partial charge in [-0.2, -0.15) is 0 Å². The number of aromatic nitrogens is 2. The summed E-state index contributed by atoms with van der Waals surface area (Å²) in [4.78, 5) is 20.7. The molecule has 0 N–H and O–H groups in total. The van der Waals surface area contributed by atoms with Gasteiger partial charge in [-0.1, -0.05) is 60.5 Å². The van der Waals surface area contributed by atoms with E-state index < -0.39 is 0 Å². The van der Waals surface area contributed by atoms with Crippen molar-refractivity contribution in [2.24, 2.45) is 0 Å². The zero-order valence-electron chi connectivity index (χ0n) is 17.9. The van der Waals surface area contributed by atoms with Crippen molar-refractivity contribution >= 4 is 21.6 Å². The maximum Gasteiger partial charge on any atom is 0.271 e. The van der Waals surface area contributed by atoms with Gasteiger partial charge in [-0.3, -0.25) is 9.36 Å². The van der Waals surface area contributed by atoms with Crippen LogP contribution in [-0.4, -0.2) is 34.1 Å². The number of likely N-dealkylation sites (tertiary alicyclic amines) is 1. The van der Waals surface area contributed by atoms with Gasteiger partial charge in [0, 0.05) is 18.7 Å². The monoisotopic (exact) mass is 429 g/mol. The van der Waals surface area contributed by atoms with Gasteiger partial charge in [0.05, 0.1) is 5.52 Å². The summed E-state index contributed by atoms with van der Waals surface area (Å²) in [6.07, 6.45) is 3.83. The van der Waals surface area contributed by atoms with Crippen LogP contribution in [0.1, 0.15) is 24.8 Å². The average Bonchev–Trinajstić information content (AvgIpc) is 3.28. The van der Waals surface area contributed by atoms with E-state index in [2.05, 4.69) is 60.4 Å². The van der Waals surface area contributed by atoms with E-state index in [-0.39, 0.29) is 5.56 Å². The Morgan fingerprint density at radius 2 is 1.68 bits per heavy atom. The molecule has 1 aliphatic heterocycles. The fourth-order valence-electron chi connectivity index (χ4n) is 4.43. The predicted octanol–water partition coefficient (Wildman–Crippen LogP) is 5.59. The summed E-state index contributed by atoms with van der Waals surface area (Å²) in [5.41, 5.74) is 5.48. The quantitative estimate of drug-likeness (QED) is 0.415. The Hall–Kier alpha value is -2.76. The van der Waals surface area contributed by atoms with E-state index >= 15 is 0 Å². The number of aryl methyl sites for hydroxylation is 1.